The zero-order valence-electron chi connectivity index (χ0n) is 10.4. The first kappa shape index (κ1) is 14.0. The molecule has 3 N–H and O–H groups in total. The van der Waals surface area contributed by atoms with Gasteiger partial charge in [0, 0.05) is 6.54 Å². The first-order chi connectivity index (χ1) is 8.43. The highest BCUT2D eigenvalue weighted by molar-refractivity contribution is 5.97. The number of aryl methyl sites for hydroxylation is 1. The molecule has 1 rings (SSSR count). The second-order valence-corrected chi connectivity index (χ2v) is 4.25. The number of rotatable bonds is 5. The smallest absolute Gasteiger partial charge is 0.306 e. The number of phenols is 1. The van der Waals surface area contributed by atoms with Crippen LogP contribution in [0.25, 0.3) is 0 Å². The quantitative estimate of drug-likeness (QED) is 0.740. The zero-order chi connectivity index (χ0) is 13.7. The summed E-state index contributed by atoms with van der Waals surface area (Å²) in [7, 11) is 0. The summed E-state index contributed by atoms with van der Waals surface area (Å²) in [6, 6.07) is 4.92. The fraction of sp³-hybridized carbons (Fsp3) is 0.385. The van der Waals surface area contributed by atoms with Gasteiger partial charge in [0.05, 0.1) is 11.5 Å². The van der Waals surface area contributed by atoms with Gasteiger partial charge in [-0.05, 0) is 25.0 Å². The minimum atomic E-state index is -0.886. The summed E-state index contributed by atoms with van der Waals surface area (Å²) in [5, 5.41) is 21.0. The van der Waals surface area contributed by atoms with E-state index in [4.69, 9.17) is 5.11 Å². The molecular weight excluding hydrogens is 234 g/mol. The van der Waals surface area contributed by atoms with E-state index in [1.807, 2.05) is 0 Å². The lowest BCUT2D eigenvalue weighted by Gasteiger charge is -2.09. The number of carboxylic acid groups (broad SMARTS) is 1. The second-order valence-electron chi connectivity index (χ2n) is 4.25. The van der Waals surface area contributed by atoms with E-state index in [-0.39, 0.29) is 17.9 Å². The number of hydrogen-bond acceptors (Lipinski definition) is 3. The normalized spacial score (nSPS) is 11.9. The first-order valence-corrected chi connectivity index (χ1v) is 5.73. The van der Waals surface area contributed by atoms with Crippen molar-refractivity contribution in [3.8, 4) is 5.75 Å². The molecule has 1 aromatic carbocycles. The topological polar surface area (TPSA) is 86.6 Å². The van der Waals surface area contributed by atoms with Crippen molar-refractivity contribution in [2.75, 3.05) is 6.54 Å². The molecule has 5 heteroatoms. The van der Waals surface area contributed by atoms with Gasteiger partial charge in [0.25, 0.3) is 5.91 Å². The van der Waals surface area contributed by atoms with Crippen molar-refractivity contribution in [2.24, 2.45) is 5.92 Å². The van der Waals surface area contributed by atoms with Crippen molar-refractivity contribution in [3.63, 3.8) is 0 Å². The fourth-order valence-corrected chi connectivity index (χ4v) is 1.46. The molecule has 5 nitrogen and oxygen atoms in total. The molecule has 98 valence electrons. The SMILES string of the molecule is Cc1cccc(C(=O)NCCC(C)C(=O)O)c1O. The first-order valence-electron chi connectivity index (χ1n) is 5.73. The van der Waals surface area contributed by atoms with E-state index < -0.39 is 17.8 Å². The molecule has 0 bridgehead atoms. The van der Waals surface area contributed by atoms with Gasteiger partial charge in [-0.1, -0.05) is 19.1 Å². The standard InChI is InChI=1S/C13H17NO4/c1-8-4-3-5-10(11(8)15)12(16)14-7-6-9(2)13(17)18/h3-5,9,15H,6-7H2,1-2H3,(H,14,16)(H,17,18). The van der Waals surface area contributed by atoms with Crippen LogP contribution in [0.4, 0.5) is 0 Å². The molecule has 0 spiro atoms. The molecule has 18 heavy (non-hydrogen) atoms. The minimum absolute atomic E-state index is 0.0405. The number of amides is 1. The van der Waals surface area contributed by atoms with Crippen LogP contribution in [-0.2, 0) is 4.79 Å². The van der Waals surface area contributed by atoms with Crippen molar-refractivity contribution in [1.29, 1.82) is 0 Å². The molecule has 0 radical (unpaired) electrons. The molecule has 0 aliphatic carbocycles. The molecule has 0 fully saturated rings. The van der Waals surface area contributed by atoms with Gasteiger partial charge in [0.15, 0.2) is 0 Å². The Labute approximate surface area is 105 Å². The van der Waals surface area contributed by atoms with Crippen molar-refractivity contribution < 1.29 is 19.8 Å². The van der Waals surface area contributed by atoms with Crippen LogP contribution in [0.3, 0.4) is 0 Å². The molecule has 0 aliphatic rings. The molecule has 1 aromatic rings. The van der Waals surface area contributed by atoms with Crippen LogP contribution in [0, 0.1) is 12.8 Å². The van der Waals surface area contributed by atoms with Gasteiger partial charge in [-0.25, -0.2) is 0 Å². The number of carbonyl (C=O) groups excluding carboxylic acids is 1. The number of carbonyl (C=O) groups is 2. The van der Waals surface area contributed by atoms with Gasteiger partial charge in [-0.15, -0.1) is 0 Å². The predicted molar refractivity (Wildman–Crippen MR) is 66.6 cm³/mol. The number of aliphatic carboxylic acids is 1. The maximum absolute atomic E-state index is 11.8. The Hall–Kier alpha value is -2.04. The minimum Gasteiger partial charge on any atom is -0.507 e. The highest BCUT2D eigenvalue weighted by Gasteiger charge is 2.14. The summed E-state index contributed by atoms with van der Waals surface area (Å²) >= 11 is 0. The fourth-order valence-electron chi connectivity index (χ4n) is 1.46. The van der Waals surface area contributed by atoms with Crippen molar-refractivity contribution in [2.45, 2.75) is 20.3 Å². The van der Waals surface area contributed by atoms with Crippen LogP contribution in [-0.4, -0.2) is 28.6 Å². The Kier molecular flexibility index (Phi) is 4.71. The Bertz CT molecular complexity index is 456. The third-order valence-electron chi connectivity index (χ3n) is 2.77. The molecule has 1 amide bonds. The van der Waals surface area contributed by atoms with Crippen LogP contribution in [0.5, 0.6) is 5.75 Å². The van der Waals surface area contributed by atoms with Crippen LogP contribution in [0.15, 0.2) is 18.2 Å². The number of aromatic hydroxyl groups is 1. The van der Waals surface area contributed by atoms with E-state index in [9.17, 15) is 14.7 Å². The average Bonchev–Trinajstić information content (AvgIpc) is 2.32. The molecule has 0 aliphatic heterocycles. The summed E-state index contributed by atoms with van der Waals surface area (Å²) in [6.07, 6.45) is 0.355. The summed E-state index contributed by atoms with van der Waals surface area (Å²) in [5.41, 5.74) is 0.833. The van der Waals surface area contributed by atoms with Crippen LogP contribution < -0.4 is 5.32 Å². The van der Waals surface area contributed by atoms with Crippen molar-refractivity contribution in [1.82, 2.24) is 5.32 Å². The van der Waals surface area contributed by atoms with E-state index in [1.165, 1.54) is 6.07 Å². The third kappa shape index (κ3) is 3.48. The summed E-state index contributed by atoms with van der Waals surface area (Å²) in [5.74, 6) is -1.82. The highest BCUT2D eigenvalue weighted by atomic mass is 16.4. The Morgan fingerprint density at radius 1 is 1.39 bits per heavy atom. The Morgan fingerprint density at radius 2 is 2.06 bits per heavy atom. The van der Waals surface area contributed by atoms with E-state index >= 15 is 0 Å². The summed E-state index contributed by atoms with van der Waals surface area (Å²) in [6.45, 7) is 3.55. The van der Waals surface area contributed by atoms with Gasteiger partial charge in [0.1, 0.15) is 5.75 Å². The van der Waals surface area contributed by atoms with E-state index in [1.54, 1.807) is 26.0 Å². The molecule has 0 aromatic heterocycles. The molecule has 0 saturated heterocycles. The van der Waals surface area contributed by atoms with Gasteiger partial charge >= 0.3 is 5.97 Å². The number of nitrogens with one attached hydrogen (secondary N) is 1. The largest absolute Gasteiger partial charge is 0.507 e. The van der Waals surface area contributed by atoms with E-state index in [0.717, 1.165) is 0 Å². The maximum Gasteiger partial charge on any atom is 0.306 e. The highest BCUT2D eigenvalue weighted by Crippen LogP contribution is 2.21. The molecule has 0 saturated carbocycles. The van der Waals surface area contributed by atoms with Crippen LogP contribution in [0.1, 0.15) is 29.3 Å². The van der Waals surface area contributed by atoms with E-state index in [0.29, 0.717) is 12.0 Å². The molecule has 1 atom stereocenters. The van der Waals surface area contributed by atoms with Crippen molar-refractivity contribution in [3.05, 3.63) is 29.3 Å². The zero-order valence-corrected chi connectivity index (χ0v) is 10.4. The monoisotopic (exact) mass is 251 g/mol. The number of carboxylic acids is 1. The van der Waals surface area contributed by atoms with Crippen molar-refractivity contribution >= 4 is 11.9 Å². The lowest BCUT2D eigenvalue weighted by molar-refractivity contribution is -0.141. The second kappa shape index (κ2) is 6.05. The number of benzene rings is 1. The predicted octanol–water partition coefficient (Wildman–Crippen LogP) is 1.54. The lowest BCUT2D eigenvalue weighted by atomic mass is 10.1. The third-order valence-corrected chi connectivity index (χ3v) is 2.77. The van der Waals surface area contributed by atoms with Gasteiger partial charge in [0.2, 0.25) is 0 Å². The summed E-state index contributed by atoms with van der Waals surface area (Å²) < 4.78 is 0. The summed E-state index contributed by atoms with van der Waals surface area (Å²) in [4.78, 5) is 22.3. The molecule has 1 unspecified atom stereocenters. The molecular formula is C13H17NO4. The lowest BCUT2D eigenvalue weighted by Crippen LogP contribution is -2.27. The Balaban J connectivity index is 2.56. The van der Waals surface area contributed by atoms with Gasteiger partial charge in [-0.2, -0.15) is 0 Å². The van der Waals surface area contributed by atoms with Crippen LogP contribution in [0.2, 0.25) is 0 Å². The van der Waals surface area contributed by atoms with Gasteiger partial charge in [-0.3, -0.25) is 9.59 Å². The number of para-hydroxylation sites is 1. The Morgan fingerprint density at radius 3 is 2.67 bits per heavy atom. The number of phenolic OH excluding ortho intramolecular Hbond substituents is 1. The van der Waals surface area contributed by atoms with E-state index in [2.05, 4.69) is 5.32 Å². The van der Waals surface area contributed by atoms with Crippen LogP contribution >= 0.6 is 0 Å². The maximum atomic E-state index is 11.8. The number of hydrogen-bond donors (Lipinski definition) is 3. The average molecular weight is 251 g/mol. The van der Waals surface area contributed by atoms with Gasteiger partial charge < -0.3 is 15.5 Å². The molecule has 0 heterocycles.